The maximum atomic E-state index is 12.9. The predicted octanol–water partition coefficient (Wildman–Crippen LogP) is 7.98. The number of amides is 1. The lowest BCUT2D eigenvalue weighted by Crippen LogP contribution is -2.51. The van der Waals surface area contributed by atoms with Crippen LogP contribution in [0.3, 0.4) is 0 Å². The van der Waals surface area contributed by atoms with E-state index >= 15 is 0 Å². The van der Waals surface area contributed by atoms with Gasteiger partial charge in [0.15, 0.2) is 5.78 Å². The summed E-state index contributed by atoms with van der Waals surface area (Å²) in [5.41, 5.74) is 7.81. The fourth-order valence-electron chi connectivity index (χ4n) is 4.55. The van der Waals surface area contributed by atoms with Crippen LogP contribution < -0.4 is 10.5 Å². The smallest absolute Gasteiger partial charge is 0.416 e. The van der Waals surface area contributed by atoms with Crippen molar-refractivity contribution in [3.63, 3.8) is 0 Å². The standard InChI is InChI=1S/C23H24F3N3O2S.C9H12O.C2H6/c1-14(30)19(27)17-12-29(21(31)18-5-4-10-32-18)13-22(2,3)20(17)28-11-15-6-8-16(9-7-15)23(24,25)26;1-3-8-4-6-9(10-2)7-5-8;1-2/h4-10H,11-13,27H2,1-3H3;4-7H,3H2,1-2H3;1-2H3/b19-17-,28-20?;;. The number of nitrogens with two attached hydrogens (primary N) is 1. The van der Waals surface area contributed by atoms with Crippen molar-refractivity contribution in [2.75, 3.05) is 20.2 Å². The molecule has 0 radical (unpaired) electrons. The van der Waals surface area contributed by atoms with Crippen LogP contribution in [0, 0.1) is 5.41 Å². The van der Waals surface area contributed by atoms with Gasteiger partial charge in [0.1, 0.15) is 5.75 Å². The van der Waals surface area contributed by atoms with Crippen LogP contribution in [0.15, 0.2) is 82.3 Å². The Kier molecular flexibility index (Phi) is 13.4. The molecule has 2 N–H and O–H groups in total. The lowest BCUT2D eigenvalue weighted by atomic mass is 9.78. The summed E-state index contributed by atoms with van der Waals surface area (Å²) in [6, 6.07) is 16.5. The SMILES string of the molecule is CC.CC(=O)/C(N)=C1\CN(C(=O)c2cccs2)CC(C)(C)C1=NCc1ccc(C(F)(F)F)cc1.CCc1ccc(OC)cc1. The van der Waals surface area contributed by atoms with Crippen LogP contribution in [0.1, 0.15) is 67.9 Å². The third kappa shape index (κ3) is 9.80. The topological polar surface area (TPSA) is 85.0 Å². The third-order valence-electron chi connectivity index (χ3n) is 6.85. The molecule has 1 fully saturated rings. The van der Waals surface area contributed by atoms with Crippen molar-refractivity contribution in [1.82, 2.24) is 4.90 Å². The number of thiophene rings is 1. The van der Waals surface area contributed by atoms with Gasteiger partial charge in [-0.25, -0.2) is 0 Å². The fraction of sp³-hybridized carbons (Fsp3) is 0.382. The lowest BCUT2D eigenvalue weighted by molar-refractivity contribution is -0.137. The highest BCUT2D eigenvalue weighted by atomic mass is 32.1. The van der Waals surface area contributed by atoms with Crippen LogP contribution >= 0.6 is 11.3 Å². The molecule has 2 aromatic carbocycles. The number of allylic oxidation sites excluding steroid dienone is 1. The number of benzene rings is 2. The lowest BCUT2D eigenvalue weighted by Gasteiger charge is -2.41. The van der Waals surface area contributed by atoms with Crippen LogP contribution in [0.4, 0.5) is 13.2 Å². The minimum absolute atomic E-state index is 0.0351. The predicted molar refractivity (Wildman–Crippen MR) is 172 cm³/mol. The van der Waals surface area contributed by atoms with Crippen molar-refractivity contribution in [1.29, 1.82) is 0 Å². The first-order chi connectivity index (χ1) is 20.8. The summed E-state index contributed by atoms with van der Waals surface area (Å²) in [6.07, 6.45) is -3.32. The molecule has 1 amide bonds. The molecule has 1 saturated heterocycles. The van der Waals surface area contributed by atoms with Gasteiger partial charge in [0.2, 0.25) is 0 Å². The number of likely N-dealkylation sites (tertiary alicyclic amines) is 1. The zero-order chi connectivity index (χ0) is 33.1. The Morgan fingerprint density at radius 1 is 1.02 bits per heavy atom. The number of carbonyl (C=O) groups excluding carboxylic acids is 2. The largest absolute Gasteiger partial charge is 0.497 e. The number of Topliss-reactive ketones (excluding diaryl/α,β-unsaturated/α-hetero) is 1. The molecule has 4 rings (SSSR count). The number of piperidine rings is 1. The molecule has 6 nitrogen and oxygen atoms in total. The van der Waals surface area contributed by atoms with Gasteiger partial charge in [0.05, 0.1) is 29.8 Å². The maximum absolute atomic E-state index is 12.9. The van der Waals surface area contributed by atoms with E-state index in [0.717, 1.165) is 24.3 Å². The van der Waals surface area contributed by atoms with Crippen LogP contribution in [0.2, 0.25) is 0 Å². The van der Waals surface area contributed by atoms with Crippen LogP contribution in [-0.4, -0.2) is 42.5 Å². The van der Waals surface area contributed by atoms with Crippen LogP contribution in [0.5, 0.6) is 5.75 Å². The highest BCUT2D eigenvalue weighted by Gasteiger charge is 2.39. The second kappa shape index (κ2) is 16.2. The number of aryl methyl sites for hydroxylation is 1. The van der Waals surface area contributed by atoms with E-state index in [9.17, 15) is 22.8 Å². The number of rotatable bonds is 6. The first kappa shape index (κ1) is 36.3. The number of carbonyl (C=O) groups is 2. The normalized spacial score (nSPS) is 16.2. The molecule has 0 bridgehead atoms. The molecule has 1 aliphatic rings. The minimum atomic E-state index is -4.40. The van der Waals surface area contributed by atoms with Gasteiger partial charge in [-0.2, -0.15) is 13.2 Å². The summed E-state index contributed by atoms with van der Waals surface area (Å²) >= 11 is 1.34. The highest BCUT2D eigenvalue weighted by molar-refractivity contribution is 7.12. The zero-order valence-electron chi connectivity index (χ0n) is 26.4. The van der Waals surface area contributed by atoms with E-state index in [1.54, 1.807) is 24.1 Å². The Morgan fingerprint density at radius 3 is 2.09 bits per heavy atom. The molecular formula is C34H42F3N3O3S. The van der Waals surface area contributed by atoms with Crippen molar-refractivity contribution < 1.29 is 27.5 Å². The summed E-state index contributed by atoms with van der Waals surface area (Å²) in [5, 5.41) is 1.82. The van der Waals surface area contributed by atoms with Crippen molar-refractivity contribution in [3.05, 3.63) is 98.9 Å². The molecule has 0 spiro atoms. The number of methoxy groups -OCH3 is 1. The second-order valence-corrected chi connectivity index (χ2v) is 11.5. The van der Waals surface area contributed by atoms with Crippen LogP contribution in [0.25, 0.3) is 0 Å². The van der Waals surface area contributed by atoms with Gasteiger partial charge in [-0.3, -0.25) is 14.6 Å². The van der Waals surface area contributed by atoms with Crippen molar-refractivity contribution in [3.8, 4) is 5.75 Å². The van der Waals surface area contributed by atoms with Crippen molar-refractivity contribution in [2.24, 2.45) is 16.1 Å². The molecule has 44 heavy (non-hydrogen) atoms. The summed E-state index contributed by atoms with van der Waals surface area (Å²) in [6.45, 7) is 11.9. The number of aliphatic imine (C=N–C) groups is 1. The van der Waals surface area contributed by atoms with Crippen molar-refractivity contribution >= 4 is 28.7 Å². The maximum Gasteiger partial charge on any atom is 0.416 e. The Hall–Kier alpha value is -3.92. The first-order valence-corrected chi connectivity index (χ1v) is 15.3. The van der Waals surface area contributed by atoms with E-state index in [1.807, 2.05) is 45.2 Å². The fourth-order valence-corrected chi connectivity index (χ4v) is 5.24. The summed E-state index contributed by atoms with van der Waals surface area (Å²) in [7, 11) is 1.68. The number of hydrogen-bond donors (Lipinski definition) is 1. The minimum Gasteiger partial charge on any atom is -0.497 e. The first-order valence-electron chi connectivity index (χ1n) is 14.4. The van der Waals surface area contributed by atoms with E-state index < -0.39 is 17.2 Å². The zero-order valence-corrected chi connectivity index (χ0v) is 27.2. The van der Waals surface area contributed by atoms with Gasteiger partial charge in [-0.05, 0) is 53.3 Å². The van der Waals surface area contributed by atoms with E-state index in [-0.39, 0.29) is 30.5 Å². The number of nitrogens with zero attached hydrogens (tertiary/aromatic N) is 2. The molecule has 1 aliphatic heterocycles. The number of ketones is 1. The Bertz CT molecular complexity index is 1400. The molecule has 0 unspecified atom stereocenters. The molecule has 0 aliphatic carbocycles. The summed E-state index contributed by atoms with van der Waals surface area (Å²) in [5.74, 6) is 0.448. The van der Waals surface area contributed by atoms with Gasteiger partial charge < -0.3 is 15.4 Å². The number of halogens is 3. The van der Waals surface area contributed by atoms with E-state index in [4.69, 9.17) is 10.5 Å². The molecule has 0 atom stereocenters. The average molecular weight is 630 g/mol. The van der Waals surface area contributed by atoms with Gasteiger partial charge in [-0.15, -0.1) is 11.3 Å². The monoisotopic (exact) mass is 629 g/mol. The van der Waals surface area contributed by atoms with Crippen molar-refractivity contribution in [2.45, 2.75) is 60.7 Å². The quantitative estimate of drug-likeness (QED) is 0.280. The van der Waals surface area contributed by atoms with Gasteiger partial charge in [0.25, 0.3) is 5.91 Å². The van der Waals surface area contributed by atoms with Crippen LogP contribution in [-0.2, 0) is 23.9 Å². The Morgan fingerprint density at radius 2 is 1.61 bits per heavy atom. The highest BCUT2D eigenvalue weighted by Crippen LogP contribution is 2.33. The van der Waals surface area contributed by atoms with E-state index in [2.05, 4.69) is 24.0 Å². The molecule has 238 valence electrons. The molecule has 1 aromatic heterocycles. The number of ether oxygens (including phenoxy) is 1. The van der Waals surface area contributed by atoms with Gasteiger partial charge in [-0.1, -0.05) is 65.0 Å². The second-order valence-electron chi connectivity index (χ2n) is 10.5. The number of hydrogen-bond acceptors (Lipinski definition) is 6. The molecular weight excluding hydrogens is 587 g/mol. The van der Waals surface area contributed by atoms with E-state index in [1.165, 1.54) is 36.0 Å². The molecule has 10 heteroatoms. The Labute approximate surface area is 262 Å². The van der Waals surface area contributed by atoms with Gasteiger partial charge >= 0.3 is 6.18 Å². The molecule has 3 aromatic rings. The van der Waals surface area contributed by atoms with E-state index in [0.29, 0.717) is 28.3 Å². The number of alkyl halides is 3. The van der Waals surface area contributed by atoms with Gasteiger partial charge in [0, 0.05) is 36.7 Å². The average Bonchev–Trinajstić information content (AvgIpc) is 3.55. The molecule has 2 heterocycles. The Balaban J connectivity index is 0.000000473. The summed E-state index contributed by atoms with van der Waals surface area (Å²) < 4.78 is 43.4. The molecule has 0 saturated carbocycles. The summed E-state index contributed by atoms with van der Waals surface area (Å²) in [4.78, 5) is 31.9. The third-order valence-corrected chi connectivity index (χ3v) is 7.71.